The van der Waals surface area contributed by atoms with Crippen molar-refractivity contribution in [2.75, 3.05) is 33.9 Å². The van der Waals surface area contributed by atoms with Crippen LogP contribution in [0, 0.1) is 5.92 Å². The zero-order chi connectivity index (χ0) is 26.5. The lowest BCUT2D eigenvalue weighted by molar-refractivity contribution is -0.133. The summed E-state index contributed by atoms with van der Waals surface area (Å²) in [5.74, 6) is 1.10. The Hall–Kier alpha value is -3.48. The molecular formula is C32H36N2O4. The molecular weight excluding hydrogens is 476 g/mol. The van der Waals surface area contributed by atoms with Gasteiger partial charge in [0.25, 0.3) is 0 Å². The van der Waals surface area contributed by atoms with E-state index >= 15 is 0 Å². The molecule has 1 aliphatic carbocycles. The van der Waals surface area contributed by atoms with Crippen LogP contribution in [0.4, 0.5) is 0 Å². The summed E-state index contributed by atoms with van der Waals surface area (Å²) in [6.07, 6.45) is 2.40. The highest BCUT2D eigenvalue weighted by atomic mass is 16.5. The largest absolute Gasteiger partial charge is 0.465 e. The summed E-state index contributed by atoms with van der Waals surface area (Å²) in [6, 6.07) is 22.7. The van der Waals surface area contributed by atoms with Gasteiger partial charge in [-0.25, -0.2) is 4.79 Å². The number of benzene rings is 3. The minimum Gasteiger partial charge on any atom is -0.465 e. The van der Waals surface area contributed by atoms with Crippen LogP contribution in [0.15, 0.2) is 66.7 Å². The molecule has 0 spiro atoms. The van der Waals surface area contributed by atoms with E-state index in [9.17, 15) is 9.59 Å². The van der Waals surface area contributed by atoms with Crippen molar-refractivity contribution in [3.8, 4) is 11.1 Å². The number of nitrogens with zero attached hydrogens (tertiary/aromatic N) is 1. The van der Waals surface area contributed by atoms with Gasteiger partial charge in [-0.1, -0.05) is 54.6 Å². The number of carbonyl (C=O) groups is 2. The molecule has 198 valence electrons. The summed E-state index contributed by atoms with van der Waals surface area (Å²) >= 11 is 0. The number of ether oxygens (including phenoxy) is 2. The molecule has 38 heavy (non-hydrogen) atoms. The molecule has 3 aromatic carbocycles. The molecule has 0 bridgehead atoms. The summed E-state index contributed by atoms with van der Waals surface area (Å²) in [5.41, 5.74) is 7.78. The van der Waals surface area contributed by atoms with E-state index in [-0.39, 0.29) is 11.9 Å². The van der Waals surface area contributed by atoms with Crippen molar-refractivity contribution in [2.45, 2.75) is 38.3 Å². The van der Waals surface area contributed by atoms with Crippen LogP contribution in [-0.4, -0.2) is 50.7 Å². The fourth-order valence-electron chi connectivity index (χ4n) is 5.64. The van der Waals surface area contributed by atoms with E-state index in [4.69, 9.17) is 9.47 Å². The minimum absolute atomic E-state index is 0.123. The first-order valence-corrected chi connectivity index (χ1v) is 13.4. The molecule has 1 aliphatic heterocycles. The van der Waals surface area contributed by atoms with Gasteiger partial charge in [0.1, 0.15) is 0 Å². The van der Waals surface area contributed by atoms with Gasteiger partial charge in [0.2, 0.25) is 5.91 Å². The van der Waals surface area contributed by atoms with Crippen molar-refractivity contribution in [1.82, 2.24) is 10.2 Å². The van der Waals surface area contributed by atoms with Crippen molar-refractivity contribution >= 4 is 11.9 Å². The quantitative estimate of drug-likeness (QED) is 0.389. The number of rotatable bonds is 10. The predicted octanol–water partition coefficient (Wildman–Crippen LogP) is 4.95. The Morgan fingerprint density at radius 3 is 2.63 bits per heavy atom. The summed E-state index contributed by atoms with van der Waals surface area (Å²) in [4.78, 5) is 26.9. The van der Waals surface area contributed by atoms with E-state index < -0.39 is 0 Å². The second kappa shape index (κ2) is 11.9. The van der Waals surface area contributed by atoms with Crippen LogP contribution in [0.3, 0.4) is 0 Å². The molecule has 6 heteroatoms. The minimum atomic E-state index is -0.342. The van der Waals surface area contributed by atoms with Gasteiger partial charge in [-0.3, -0.25) is 4.79 Å². The number of amides is 1. The molecule has 0 aromatic heterocycles. The number of esters is 1. The van der Waals surface area contributed by atoms with Gasteiger partial charge in [-0.2, -0.15) is 0 Å². The fourth-order valence-corrected chi connectivity index (χ4v) is 5.64. The molecule has 2 unspecified atom stereocenters. The van der Waals surface area contributed by atoms with Crippen LogP contribution in [-0.2, 0) is 33.8 Å². The third-order valence-corrected chi connectivity index (χ3v) is 7.85. The van der Waals surface area contributed by atoms with Gasteiger partial charge < -0.3 is 19.7 Å². The third kappa shape index (κ3) is 5.82. The first kappa shape index (κ1) is 26.1. The first-order chi connectivity index (χ1) is 18.6. The van der Waals surface area contributed by atoms with Crippen molar-refractivity contribution in [2.24, 2.45) is 5.92 Å². The standard InChI is InChI=1S/C32H36N2O4/c1-37-16-14-31(35)34-15-13-28-27(23-9-6-10-24(17-23)32(36)38-2)12-11-25(30(28)21-34)19-33-20-26-18-29(26)22-7-4-3-5-8-22/h3-12,17,26,29,33H,13-16,18-21H2,1-2H3. The number of fused-ring (bicyclic) bond motifs is 1. The average Bonchev–Trinajstić information content (AvgIpc) is 3.75. The van der Waals surface area contributed by atoms with Gasteiger partial charge in [0.15, 0.2) is 0 Å². The Labute approximate surface area is 225 Å². The maximum atomic E-state index is 12.8. The lowest BCUT2D eigenvalue weighted by atomic mass is 9.87. The van der Waals surface area contributed by atoms with E-state index in [0.29, 0.717) is 43.5 Å². The van der Waals surface area contributed by atoms with E-state index in [2.05, 4.69) is 47.8 Å². The number of hydrogen-bond acceptors (Lipinski definition) is 5. The molecule has 2 atom stereocenters. The number of hydrogen-bond donors (Lipinski definition) is 1. The van der Waals surface area contributed by atoms with Gasteiger partial charge in [0, 0.05) is 26.7 Å². The SMILES string of the molecule is COCCC(=O)N1CCc2c(-c3cccc(C(=O)OC)c3)ccc(CNCC3CC3c3ccccc3)c2C1. The number of nitrogens with one attached hydrogen (secondary N) is 1. The fraction of sp³-hybridized carbons (Fsp3) is 0.375. The van der Waals surface area contributed by atoms with Gasteiger partial charge in [-0.05, 0) is 76.7 Å². The van der Waals surface area contributed by atoms with Crippen LogP contribution in [0.2, 0.25) is 0 Å². The number of methoxy groups -OCH3 is 2. The van der Waals surface area contributed by atoms with Crippen LogP contribution in [0.5, 0.6) is 0 Å². The molecule has 3 aromatic rings. The second-order valence-electron chi connectivity index (χ2n) is 10.3. The first-order valence-electron chi connectivity index (χ1n) is 13.4. The van der Waals surface area contributed by atoms with E-state index in [1.807, 2.05) is 23.1 Å². The monoisotopic (exact) mass is 512 g/mol. The van der Waals surface area contributed by atoms with Crippen molar-refractivity contribution in [1.29, 1.82) is 0 Å². The zero-order valence-corrected chi connectivity index (χ0v) is 22.2. The summed E-state index contributed by atoms with van der Waals surface area (Å²) in [7, 11) is 3.02. The molecule has 6 nitrogen and oxygen atoms in total. The van der Waals surface area contributed by atoms with E-state index in [1.54, 1.807) is 13.2 Å². The Morgan fingerprint density at radius 2 is 1.84 bits per heavy atom. The Balaban J connectivity index is 1.36. The Morgan fingerprint density at radius 1 is 1.00 bits per heavy atom. The highest BCUT2D eigenvalue weighted by Crippen LogP contribution is 2.46. The molecule has 5 rings (SSSR count). The lowest BCUT2D eigenvalue weighted by Gasteiger charge is -2.32. The Bertz CT molecular complexity index is 1290. The van der Waals surface area contributed by atoms with Crippen LogP contribution < -0.4 is 5.32 Å². The van der Waals surface area contributed by atoms with Crippen LogP contribution in [0.25, 0.3) is 11.1 Å². The molecule has 2 aliphatic rings. The van der Waals surface area contributed by atoms with Gasteiger partial charge >= 0.3 is 5.97 Å². The highest BCUT2D eigenvalue weighted by Gasteiger charge is 2.37. The molecule has 0 saturated heterocycles. The topological polar surface area (TPSA) is 67.9 Å². The van der Waals surface area contributed by atoms with Crippen molar-refractivity contribution in [3.63, 3.8) is 0 Å². The highest BCUT2D eigenvalue weighted by molar-refractivity contribution is 5.91. The molecule has 1 heterocycles. The second-order valence-corrected chi connectivity index (χ2v) is 10.3. The maximum absolute atomic E-state index is 12.8. The summed E-state index contributed by atoms with van der Waals surface area (Å²) in [5, 5.41) is 3.70. The maximum Gasteiger partial charge on any atom is 0.337 e. The summed E-state index contributed by atoms with van der Waals surface area (Å²) in [6.45, 7) is 3.45. The van der Waals surface area contributed by atoms with Crippen LogP contribution >= 0.6 is 0 Å². The zero-order valence-electron chi connectivity index (χ0n) is 22.2. The van der Waals surface area contributed by atoms with E-state index in [0.717, 1.165) is 30.6 Å². The smallest absolute Gasteiger partial charge is 0.337 e. The molecule has 1 fully saturated rings. The van der Waals surface area contributed by atoms with Crippen molar-refractivity contribution in [3.05, 3.63) is 94.5 Å². The van der Waals surface area contributed by atoms with Crippen molar-refractivity contribution < 1.29 is 19.1 Å². The average molecular weight is 513 g/mol. The number of carbonyl (C=O) groups excluding carboxylic acids is 2. The summed E-state index contributed by atoms with van der Waals surface area (Å²) < 4.78 is 10.1. The lowest BCUT2D eigenvalue weighted by Crippen LogP contribution is -2.37. The normalized spacial score (nSPS) is 18.1. The third-order valence-electron chi connectivity index (χ3n) is 7.85. The molecule has 1 amide bonds. The predicted molar refractivity (Wildman–Crippen MR) is 148 cm³/mol. The van der Waals surface area contributed by atoms with E-state index in [1.165, 1.54) is 35.8 Å². The molecule has 1 saturated carbocycles. The van der Waals surface area contributed by atoms with Crippen LogP contribution in [0.1, 0.15) is 51.4 Å². The molecule has 0 radical (unpaired) electrons. The molecule has 1 N–H and O–H groups in total. The van der Waals surface area contributed by atoms with Gasteiger partial charge in [0.05, 0.1) is 25.7 Å². The van der Waals surface area contributed by atoms with Gasteiger partial charge in [-0.15, -0.1) is 0 Å². The Kier molecular flexibility index (Phi) is 8.20.